The Bertz CT molecular complexity index is 277. The molecule has 1 aliphatic rings. The van der Waals surface area contributed by atoms with Crippen LogP contribution in [0.3, 0.4) is 0 Å². The summed E-state index contributed by atoms with van der Waals surface area (Å²) in [5, 5.41) is 2.11. The van der Waals surface area contributed by atoms with Gasteiger partial charge in [-0.15, -0.1) is 12.4 Å². The molecule has 2 unspecified atom stereocenters. The van der Waals surface area contributed by atoms with Crippen molar-refractivity contribution in [2.45, 2.75) is 37.9 Å². The quantitative estimate of drug-likeness (QED) is 0.726. The first-order chi connectivity index (χ1) is 8.44. The predicted octanol–water partition coefficient (Wildman–Crippen LogP) is 0.702. The number of nitrogens with two attached hydrogens (primary N) is 1. The minimum Gasteiger partial charge on any atom is -0.376 e. The highest BCUT2D eigenvalue weighted by Gasteiger charge is 2.28. The van der Waals surface area contributed by atoms with E-state index in [0.29, 0.717) is 13.2 Å². The van der Waals surface area contributed by atoms with Crippen LogP contribution in [0.2, 0.25) is 0 Å². The Kier molecular flexibility index (Phi) is 8.40. The molecule has 1 amide bonds. The summed E-state index contributed by atoms with van der Waals surface area (Å²) in [4.78, 5) is 11.5. The summed E-state index contributed by atoms with van der Waals surface area (Å²) in [6, 6.07) is 0. The molecule has 1 aliphatic heterocycles. The molecular weight excluding hydrogens is 282 g/mol. The van der Waals surface area contributed by atoms with Gasteiger partial charge in [0.1, 0.15) is 6.10 Å². The third-order valence-electron chi connectivity index (χ3n) is 2.75. The molecule has 0 aliphatic carbocycles. The fraction of sp³-hybridized carbons (Fsp3) is 0.909. The van der Waals surface area contributed by atoms with Crippen molar-refractivity contribution in [3.63, 3.8) is 0 Å². The molecule has 0 bridgehead atoms. The van der Waals surface area contributed by atoms with Crippen LogP contribution in [0.5, 0.6) is 0 Å². The fourth-order valence-corrected chi connectivity index (χ4v) is 1.54. The number of alkyl halides is 2. The van der Waals surface area contributed by atoms with Crippen molar-refractivity contribution in [2.75, 3.05) is 26.3 Å². The third kappa shape index (κ3) is 7.00. The lowest BCUT2D eigenvalue weighted by Gasteiger charge is -2.18. The van der Waals surface area contributed by atoms with E-state index in [9.17, 15) is 13.6 Å². The zero-order chi connectivity index (χ0) is 13.6. The molecule has 0 aromatic carbocycles. The van der Waals surface area contributed by atoms with Gasteiger partial charge in [0, 0.05) is 6.61 Å². The maximum Gasteiger partial charge on any atom is 0.277 e. The monoisotopic (exact) mass is 302 g/mol. The molecule has 0 saturated carbocycles. The van der Waals surface area contributed by atoms with Crippen LogP contribution in [-0.4, -0.2) is 50.3 Å². The van der Waals surface area contributed by atoms with E-state index >= 15 is 0 Å². The average Bonchev–Trinajstić information content (AvgIpc) is 2.86. The van der Waals surface area contributed by atoms with E-state index in [1.54, 1.807) is 0 Å². The Morgan fingerprint density at radius 3 is 2.84 bits per heavy atom. The first kappa shape index (κ1) is 18.5. The lowest BCUT2D eigenvalue weighted by Crippen LogP contribution is -2.45. The smallest absolute Gasteiger partial charge is 0.277 e. The molecule has 8 heteroatoms. The molecule has 1 fully saturated rings. The van der Waals surface area contributed by atoms with Gasteiger partial charge in [0.15, 0.2) is 0 Å². The van der Waals surface area contributed by atoms with Gasteiger partial charge in [-0.3, -0.25) is 4.79 Å². The summed E-state index contributed by atoms with van der Waals surface area (Å²) in [6.45, 7) is 0.971. The van der Waals surface area contributed by atoms with Crippen molar-refractivity contribution in [1.82, 2.24) is 5.32 Å². The molecule has 5 nitrogen and oxygen atoms in total. The van der Waals surface area contributed by atoms with Crippen molar-refractivity contribution in [1.29, 1.82) is 0 Å². The van der Waals surface area contributed by atoms with E-state index in [1.165, 1.54) is 6.92 Å². The van der Waals surface area contributed by atoms with Crippen molar-refractivity contribution in [3.05, 3.63) is 0 Å². The van der Waals surface area contributed by atoms with Crippen LogP contribution in [0.15, 0.2) is 0 Å². The Morgan fingerprint density at radius 1 is 1.63 bits per heavy atom. The maximum absolute atomic E-state index is 12.8. The number of carbonyl (C=O) groups excluding carboxylic acids is 1. The Morgan fingerprint density at radius 2 is 2.32 bits per heavy atom. The maximum atomic E-state index is 12.8. The highest BCUT2D eigenvalue weighted by molar-refractivity contribution is 5.85. The molecule has 0 aromatic heterocycles. The number of hydrogen-bond acceptors (Lipinski definition) is 4. The molecule has 2 atom stereocenters. The van der Waals surface area contributed by atoms with E-state index in [0.717, 1.165) is 12.8 Å². The van der Waals surface area contributed by atoms with E-state index in [-0.39, 0.29) is 18.5 Å². The number of ether oxygens (including phenoxy) is 2. The third-order valence-corrected chi connectivity index (χ3v) is 2.75. The van der Waals surface area contributed by atoms with Gasteiger partial charge in [-0.05, 0) is 19.8 Å². The summed E-state index contributed by atoms with van der Waals surface area (Å²) in [7, 11) is 0. The molecule has 3 N–H and O–H groups in total. The minimum atomic E-state index is -3.08. The summed E-state index contributed by atoms with van der Waals surface area (Å²) in [5.41, 5.74) is 4.86. The summed E-state index contributed by atoms with van der Waals surface area (Å²) in [5.74, 6) is -3.65. The molecule has 0 aromatic rings. The van der Waals surface area contributed by atoms with E-state index < -0.39 is 31.0 Å². The first-order valence-electron chi connectivity index (χ1n) is 6.03. The van der Waals surface area contributed by atoms with Crippen LogP contribution in [0, 0.1) is 0 Å². The van der Waals surface area contributed by atoms with Crippen LogP contribution < -0.4 is 11.1 Å². The predicted molar refractivity (Wildman–Crippen MR) is 68.6 cm³/mol. The largest absolute Gasteiger partial charge is 0.376 e. The van der Waals surface area contributed by atoms with Crippen LogP contribution >= 0.6 is 12.4 Å². The standard InChI is InChI=1S/C11H20F2N2O3.ClH/c1-8(18-5-9-3-2-4-17-9)10(16)15-7-11(12,13)6-14;/h8-9H,2-7,14H2,1H3,(H,15,16);1H. The minimum absolute atomic E-state index is 0. The summed E-state index contributed by atoms with van der Waals surface area (Å²) < 4.78 is 36.2. The fourth-order valence-electron chi connectivity index (χ4n) is 1.54. The second-order valence-electron chi connectivity index (χ2n) is 4.39. The SMILES string of the molecule is CC(OCC1CCCO1)C(=O)NCC(F)(F)CN.Cl. The lowest BCUT2D eigenvalue weighted by molar-refractivity contribution is -0.135. The molecule has 1 heterocycles. The normalized spacial score (nSPS) is 20.7. The Labute approximate surface area is 117 Å². The molecule has 1 saturated heterocycles. The number of halogens is 3. The van der Waals surface area contributed by atoms with Gasteiger partial charge >= 0.3 is 0 Å². The number of nitrogens with one attached hydrogen (secondary N) is 1. The molecule has 0 radical (unpaired) electrons. The number of amides is 1. The summed E-state index contributed by atoms with van der Waals surface area (Å²) in [6.07, 6.45) is 1.12. The van der Waals surface area contributed by atoms with Crippen molar-refractivity contribution < 1.29 is 23.0 Å². The van der Waals surface area contributed by atoms with Crippen molar-refractivity contribution in [2.24, 2.45) is 5.73 Å². The van der Waals surface area contributed by atoms with Gasteiger partial charge in [0.05, 0.1) is 25.8 Å². The highest BCUT2D eigenvalue weighted by Crippen LogP contribution is 2.13. The zero-order valence-corrected chi connectivity index (χ0v) is 11.7. The number of hydrogen-bond donors (Lipinski definition) is 2. The molecule has 0 spiro atoms. The number of rotatable bonds is 7. The lowest BCUT2D eigenvalue weighted by atomic mass is 10.2. The first-order valence-corrected chi connectivity index (χ1v) is 6.03. The molecular formula is C11H21ClF2N2O3. The summed E-state index contributed by atoms with van der Waals surface area (Å²) >= 11 is 0. The second-order valence-corrected chi connectivity index (χ2v) is 4.39. The van der Waals surface area contributed by atoms with E-state index in [2.05, 4.69) is 5.32 Å². The van der Waals surface area contributed by atoms with Gasteiger partial charge in [-0.25, -0.2) is 8.78 Å². The molecule has 114 valence electrons. The van der Waals surface area contributed by atoms with Crippen molar-refractivity contribution >= 4 is 18.3 Å². The van der Waals surface area contributed by atoms with Crippen LogP contribution in [-0.2, 0) is 14.3 Å². The van der Waals surface area contributed by atoms with E-state index in [1.807, 2.05) is 0 Å². The molecule has 19 heavy (non-hydrogen) atoms. The van der Waals surface area contributed by atoms with Gasteiger partial charge in [-0.2, -0.15) is 0 Å². The Hall–Kier alpha value is -0.500. The molecule has 1 rings (SSSR count). The van der Waals surface area contributed by atoms with Gasteiger partial charge in [0.25, 0.3) is 5.92 Å². The zero-order valence-electron chi connectivity index (χ0n) is 10.9. The van der Waals surface area contributed by atoms with Crippen molar-refractivity contribution in [3.8, 4) is 0 Å². The van der Waals surface area contributed by atoms with E-state index in [4.69, 9.17) is 15.2 Å². The Balaban J connectivity index is 0.00000324. The number of carbonyl (C=O) groups is 1. The van der Waals surface area contributed by atoms with Crippen LogP contribution in [0.4, 0.5) is 8.78 Å². The van der Waals surface area contributed by atoms with Gasteiger partial charge < -0.3 is 20.5 Å². The highest BCUT2D eigenvalue weighted by atomic mass is 35.5. The van der Waals surface area contributed by atoms with Crippen LogP contribution in [0.1, 0.15) is 19.8 Å². The van der Waals surface area contributed by atoms with Gasteiger partial charge in [-0.1, -0.05) is 0 Å². The topological polar surface area (TPSA) is 73.6 Å². The average molecular weight is 303 g/mol. The van der Waals surface area contributed by atoms with Crippen LogP contribution in [0.25, 0.3) is 0 Å². The van der Waals surface area contributed by atoms with Gasteiger partial charge in [0.2, 0.25) is 5.91 Å². The second kappa shape index (κ2) is 8.63.